The van der Waals surface area contributed by atoms with Gasteiger partial charge in [-0.1, -0.05) is 70.5 Å². The number of halogens is 1. The summed E-state index contributed by atoms with van der Waals surface area (Å²) in [7, 11) is 1.38. The Balaban J connectivity index is 1.78. The molecule has 38 heavy (non-hydrogen) atoms. The largest absolute Gasteiger partial charge is 0.466 e. The quantitative estimate of drug-likeness (QED) is 0.115. The first kappa shape index (κ1) is 29.6. The predicted molar refractivity (Wildman–Crippen MR) is 152 cm³/mol. The normalized spacial score (nSPS) is 11.8. The molecule has 7 heteroatoms. The Hall–Kier alpha value is -3.00. The van der Waals surface area contributed by atoms with E-state index in [1.165, 1.54) is 12.7 Å². The molecule has 1 unspecified atom stereocenters. The number of carbonyl (C=O) groups excluding carboxylic acids is 2. The van der Waals surface area contributed by atoms with Crippen LogP contribution in [0.3, 0.4) is 0 Å². The molecule has 0 spiro atoms. The van der Waals surface area contributed by atoms with E-state index in [1.54, 1.807) is 12.1 Å². The highest BCUT2D eigenvalue weighted by Crippen LogP contribution is 2.19. The molecule has 0 saturated carbocycles. The Morgan fingerprint density at radius 3 is 2.21 bits per heavy atom. The Morgan fingerprint density at radius 2 is 1.55 bits per heavy atom. The molecule has 0 bridgehead atoms. The monoisotopic (exact) mass is 581 g/mol. The van der Waals surface area contributed by atoms with Crippen molar-refractivity contribution in [2.45, 2.75) is 52.0 Å². The molecule has 0 N–H and O–H groups in total. The molecule has 3 aromatic carbocycles. The number of hydrogen-bond donors (Lipinski definition) is 0. The van der Waals surface area contributed by atoms with Crippen LogP contribution in [0.25, 0.3) is 0 Å². The molecule has 0 heterocycles. The number of rotatable bonds is 15. The van der Waals surface area contributed by atoms with Crippen LogP contribution >= 0.6 is 15.9 Å². The Morgan fingerprint density at radius 1 is 0.868 bits per heavy atom. The standard InChI is InChI=1S/C31H36BrNO5/c1-3-37-30(34)11-7-8-20-33(22-25-12-16-27(17-13-25)31(35)36-2)29(21-24-9-5-4-6-10-24)38-23-26-14-18-28(32)19-15-26/h4-6,9-10,12-19,29H,3,7-8,11,20-23H2,1-2H3. The number of nitrogens with zero attached hydrogens (tertiary/aromatic N) is 1. The van der Waals surface area contributed by atoms with E-state index in [2.05, 4.69) is 45.1 Å². The lowest BCUT2D eigenvalue weighted by molar-refractivity contribution is -0.143. The van der Waals surface area contributed by atoms with Crippen molar-refractivity contribution in [1.82, 2.24) is 4.90 Å². The second-order valence-electron chi connectivity index (χ2n) is 9.00. The summed E-state index contributed by atoms with van der Waals surface area (Å²) in [6.45, 7) is 4.08. The second kappa shape index (κ2) is 16.1. The summed E-state index contributed by atoms with van der Waals surface area (Å²) in [5.74, 6) is -0.517. The third-order valence-corrected chi connectivity index (χ3v) is 6.69. The predicted octanol–water partition coefficient (Wildman–Crippen LogP) is 6.56. The molecule has 1 atom stereocenters. The lowest BCUT2D eigenvalue weighted by Gasteiger charge is -2.32. The highest BCUT2D eigenvalue weighted by atomic mass is 79.9. The van der Waals surface area contributed by atoms with Crippen LogP contribution in [0.2, 0.25) is 0 Å². The van der Waals surface area contributed by atoms with Gasteiger partial charge in [0.05, 0.1) is 25.9 Å². The Labute approximate surface area is 234 Å². The molecule has 0 aliphatic carbocycles. The van der Waals surface area contributed by atoms with E-state index in [9.17, 15) is 9.59 Å². The van der Waals surface area contributed by atoms with E-state index in [-0.39, 0.29) is 18.2 Å². The summed E-state index contributed by atoms with van der Waals surface area (Å²) in [6.07, 6.45) is 2.49. The van der Waals surface area contributed by atoms with Gasteiger partial charge >= 0.3 is 11.9 Å². The van der Waals surface area contributed by atoms with Crippen LogP contribution in [0.1, 0.15) is 53.2 Å². The molecule has 3 rings (SSSR count). The smallest absolute Gasteiger partial charge is 0.337 e. The van der Waals surface area contributed by atoms with E-state index in [0.717, 1.165) is 41.4 Å². The molecule has 0 saturated heterocycles. The van der Waals surface area contributed by atoms with Crippen molar-refractivity contribution in [2.75, 3.05) is 20.3 Å². The number of unbranched alkanes of at least 4 members (excludes halogenated alkanes) is 1. The first-order valence-corrected chi connectivity index (χ1v) is 13.7. The third kappa shape index (κ3) is 10.0. The SMILES string of the molecule is CCOC(=O)CCCCN(Cc1ccc(C(=O)OC)cc1)C(Cc1ccccc1)OCc1ccc(Br)cc1. The van der Waals surface area contributed by atoms with Gasteiger partial charge in [-0.2, -0.15) is 0 Å². The molecule has 6 nitrogen and oxygen atoms in total. The third-order valence-electron chi connectivity index (χ3n) is 6.16. The van der Waals surface area contributed by atoms with Crippen molar-refractivity contribution >= 4 is 27.9 Å². The van der Waals surface area contributed by atoms with Crippen LogP contribution in [-0.2, 0) is 38.6 Å². The molecule has 0 fully saturated rings. The van der Waals surface area contributed by atoms with Gasteiger partial charge in [-0.15, -0.1) is 0 Å². The van der Waals surface area contributed by atoms with E-state index >= 15 is 0 Å². The summed E-state index contributed by atoms with van der Waals surface area (Å²) < 4.78 is 17.5. The van der Waals surface area contributed by atoms with Gasteiger partial charge in [0, 0.05) is 30.4 Å². The van der Waals surface area contributed by atoms with E-state index in [1.807, 2.05) is 49.4 Å². The van der Waals surface area contributed by atoms with Crippen molar-refractivity contribution in [3.63, 3.8) is 0 Å². The summed E-state index contributed by atoms with van der Waals surface area (Å²) in [5, 5.41) is 0. The van der Waals surface area contributed by atoms with E-state index in [0.29, 0.717) is 31.7 Å². The van der Waals surface area contributed by atoms with Gasteiger partial charge in [0.15, 0.2) is 0 Å². The highest BCUT2D eigenvalue weighted by molar-refractivity contribution is 9.10. The minimum Gasteiger partial charge on any atom is -0.466 e. The molecule has 202 valence electrons. The van der Waals surface area contributed by atoms with Gasteiger partial charge in [0.1, 0.15) is 6.23 Å². The molecular weight excluding hydrogens is 546 g/mol. The molecular formula is C31H36BrNO5. The zero-order chi connectivity index (χ0) is 27.2. The fraction of sp³-hybridized carbons (Fsp3) is 0.355. The molecule has 0 aromatic heterocycles. The van der Waals surface area contributed by atoms with Crippen LogP contribution in [0.4, 0.5) is 0 Å². The maximum Gasteiger partial charge on any atom is 0.337 e. The number of benzene rings is 3. The number of methoxy groups -OCH3 is 1. The molecule has 0 aliphatic heterocycles. The van der Waals surface area contributed by atoms with Crippen LogP contribution in [0.5, 0.6) is 0 Å². The first-order chi connectivity index (χ1) is 18.5. The van der Waals surface area contributed by atoms with Crippen molar-refractivity contribution in [1.29, 1.82) is 0 Å². The van der Waals surface area contributed by atoms with E-state index < -0.39 is 0 Å². The molecule has 0 amide bonds. The Bertz CT molecular complexity index is 1120. The summed E-state index contributed by atoms with van der Waals surface area (Å²) in [6, 6.07) is 25.9. The summed E-state index contributed by atoms with van der Waals surface area (Å²) >= 11 is 3.49. The van der Waals surface area contributed by atoms with Gasteiger partial charge in [0.2, 0.25) is 0 Å². The maximum atomic E-state index is 11.9. The minimum absolute atomic E-state index is 0.162. The van der Waals surface area contributed by atoms with Crippen LogP contribution in [0, 0.1) is 0 Å². The number of ether oxygens (including phenoxy) is 3. The first-order valence-electron chi connectivity index (χ1n) is 13.0. The topological polar surface area (TPSA) is 65.1 Å². The maximum absolute atomic E-state index is 11.9. The molecule has 3 aromatic rings. The van der Waals surface area contributed by atoms with Crippen molar-refractivity contribution < 1.29 is 23.8 Å². The number of hydrogen-bond acceptors (Lipinski definition) is 6. The van der Waals surface area contributed by atoms with Gasteiger partial charge in [0.25, 0.3) is 0 Å². The van der Waals surface area contributed by atoms with Crippen molar-refractivity contribution in [3.8, 4) is 0 Å². The van der Waals surface area contributed by atoms with Crippen molar-refractivity contribution in [3.05, 3.63) is 106 Å². The average molecular weight is 583 g/mol. The van der Waals surface area contributed by atoms with Crippen LogP contribution in [0.15, 0.2) is 83.3 Å². The van der Waals surface area contributed by atoms with Gasteiger partial charge in [-0.05, 0) is 60.7 Å². The minimum atomic E-state index is -0.354. The molecule has 0 aliphatic rings. The van der Waals surface area contributed by atoms with Crippen molar-refractivity contribution in [2.24, 2.45) is 0 Å². The molecule has 0 radical (unpaired) electrons. The van der Waals surface area contributed by atoms with Crippen LogP contribution < -0.4 is 0 Å². The van der Waals surface area contributed by atoms with Gasteiger partial charge in [-0.3, -0.25) is 9.69 Å². The lowest BCUT2D eigenvalue weighted by Crippen LogP contribution is -2.39. The lowest BCUT2D eigenvalue weighted by atomic mass is 10.1. The van der Waals surface area contributed by atoms with E-state index in [4.69, 9.17) is 14.2 Å². The number of carbonyl (C=O) groups is 2. The summed E-state index contributed by atoms with van der Waals surface area (Å²) in [4.78, 5) is 26.0. The zero-order valence-corrected chi connectivity index (χ0v) is 23.7. The zero-order valence-electron chi connectivity index (χ0n) is 22.1. The van der Waals surface area contributed by atoms with Gasteiger partial charge in [-0.25, -0.2) is 4.79 Å². The highest BCUT2D eigenvalue weighted by Gasteiger charge is 2.21. The fourth-order valence-corrected chi connectivity index (χ4v) is 4.39. The Kier molecular flexibility index (Phi) is 12.5. The number of esters is 2. The second-order valence-corrected chi connectivity index (χ2v) is 9.92. The summed E-state index contributed by atoms with van der Waals surface area (Å²) in [5.41, 5.74) is 3.86. The van der Waals surface area contributed by atoms with Gasteiger partial charge < -0.3 is 14.2 Å². The average Bonchev–Trinajstić information content (AvgIpc) is 2.94. The fourth-order valence-electron chi connectivity index (χ4n) is 4.12. The van der Waals surface area contributed by atoms with Crippen LogP contribution in [-0.4, -0.2) is 43.3 Å².